The van der Waals surface area contributed by atoms with E-state index < -0.39 is 0 Å². The van der Waals surface area contributed by atoms with E-state index in [4.69, 9.17) is 10.2 Å². The molecule has 0 saturated heterocycles. The molecule has 1 aromatic carbocycles. The molecule has 0 aliphatic heterocycles. The molecule has 14 heavy (non-hydrogen) atoms. The topological polar surface area (TPSA) is 64.9 Å². The van der Waals surface area contributed by atoms with Crippen molar-refractivity contribution >= 4 is 0 Å². The van der Waals surface area contributed by atoms with E-state index in [2.05, 4.69) is 10.2 Å². The van der Waals surface area contributed by atoms with E-state index in [1.54, 1.807) is 6.92 Å². The molecule has 2 rings (SSSR count). The molecular weight excluding hydrogens is 178 g/mol. The summed E-state index contributed by atoms with van der Waals surface area (Å²) in [5, 5.41) is 7.70. The van der Waals surface area contributed by atoms with Gasteiger partial charge in [0, 0.05) is 19.0 Å². The minimum Gasteiger partial charge on any atom is -0.421 e. The van der Waals surface area contributed by atoms with Crippen LogP contribution in [0, 0.1) is 6.92 Å². The lowest BCUT2D eigenvalue weighted by atomic mass is 10.1. The van der Waals surface area contributed by atoms with Gasteiger partial charge in [0.15, 0.2) is 0 Å². The molecule has 2 N–H and O–H groups in total. The SMILES string of the molecule is Cc1nnc(-c2cccc(CN)c2)o1. The highest BCUT2D eigenvalue weighted by Crippen LogP contribution is 2.18. The van der Waals surface area contributed by atoms with E-state index in [0.29, 0.717) is 18.3 Å². The Balaban J connectivity index is 2.41. The third-order valence-electron chi connectivity index (χ3n) is 1.94. The molecule has 0 radical (unpaired) electrons. The fraction of sp³-hybridized carbons (Fsp3) is 0.200. The summed E-state index contributed by atoms with van der Waals surface area (Å²) in [7, 11) is 0. The number of nitrogens with two attached hydrogens (primary N) is 1. The zero-order valence-electron chi connectivity index (χ0n) is 7.90. The summed E-state index contributed by atoms with van der Waals surface area (Å²) >= 11 is 0. The van der Waals surface area contributed by atoms with Crippen molar-refractivity contribution in [3.8, 4) is 11.5 Å². The first-order chi connectivity index (χ1) is 6.79. The summed E-state index contributed by atoms with van der Waals surface area (Å²) in [6.45, 7) is 2.28. The van der Waals surface area contributed by atoms with E-state index in [9.17, 15) is 0 Å². The normalized spacial score (nSPS) is 10.4. The van der Waals surface area contributed by atoms with Crippen LogP contribution in [0.3, 0.4) is 0 Å². The quantitative estimate of drug-likeness (QED) is 0.777. The molecule has 0 aliphatic rings. The summed E-state index contributed by atoms with van der Waals surface area (Å²) < 4.78 is 5.31. The number of rotatable bonds is 2. The third kappa shape index (κ3) is 1.65. The fourth-order valence-corrected chi connectivity index (χ4v) is 1.24. The van der Waals surface area contributed by atoms with Gasteiger partial charge in [0.25, 0.3) is 0 Å². The second-order valence-corrected chi connectivity index (χ2v) is 3.03. The van der Waals surface area contributed by atoms with Gasteiger partial charge in [-0.3, -0.25) is 0 Å². The number of aryl methyl sites for hydroxylation is 1. The van der Waals surface area contributed by atoms with Crippen LogP contribution in [0.4, 0.5) is 0 Å². The Morgan fingerprint density at radius 3 is 2.86 bits per heavy atom. The van der Waals surface area contributed by atoms with Crippen molar-refractivity contribution in [2.75, 3.05) is 0 Å². The lowest BCUT2D eigenvalue weighted by molar-refractivity contribution is 0.532. The van der Waals surface area contributed by atoms with Crippen molar-refractivity contribution in [1.82, 2.24) is 10.2 Å². The molecule has 0 bridgehead atoms. The summed E-state index contributed by atoms with van der Waals surface area (Å²) in [5.41, 5.74) is 7.50. The van der Waals surface area contributed by atoms with Crippen LogP contribution in [-0.4, -0.2) is 10.2 Å². The maximum Gasteiger partial charge on any atom is 0.247 e. The first kappa shape index (κ1) is 8.90. The van der Waals surface area contributed by atoms with Gasteiger partial charge in [0.2, 0.25) is 11.8 Å². The zero-order chi connectivity index (χ0) is 9.97. The maximum atomic E-state index is 5.54. The summed E-state index contributed by atoms with van der Waals surface area (Å²) in [4.78, 5) is 0. The average Bonchev–Trinajstić information content (AvgIpc) is 2.65. The van der Waals surface area contributed by atoms with Gasteiger partial charge in [-0.2, -0.15) is 0 Å². The Hall–Kier alpha value is -1.68. The second-order valence-electron chi connectivity index (χ2n) is 3.03. The molecule has 72 valence electrons. The van der Waals surface area contributed by atoms with Crippen LogP contribution in [0.1, 0.15) is 11.5 Å². The molecule has 0 spiro atoms. The minimum atomic E-state index is 0.515. The Morgan fingerprint density at radius 1 is 1.36 bits per heavy atom. The molecule has 0 fully saturated rings. The van der Waals surface area contributed by atoms with Gasteiger partial charge in [-0.1, -0.05) is 12.1 Å². The van der Waals surface area contributed by atoms with Crippen LogP contribution in [-0.2, 0) is 6.54 Å². The van der Waals surface area contributed by atoms with Crippen LogP contribution in [0.2, 0.25) is 0 Å². The minimum absolute atomic E-state index is 0.515. The predicted octanol–water partition coefficient (Wildman–Crippen LogP) is 1.50. The first-order valence-electron chi connectivity index (χ1n) is 4.39. The highest BCUT2D eigenvalue weighted by atomic mass is 16.4. The molecule has 0 unspecified atom stereocenters. The lowest BCUT2D eigenvalue weighted by Crippen LogP contribution is -1.95. The molecule has 0 amide bonds. The van der Waals surface area contributed by atoms with E-state index >= 15 is 0 Å². The summed E-state index contributed by atoms with van der Waals surface area (Å²) in [6.07, 6.45) is 0. The van der Waals surface area contributed by atoms with Crippen molar-refractivity contribution in [2.45, 2.75) is 13.5 Å². The fourth-order valence-electron chi connectivity index (χ4n) is 1.24. The highest BCUT2D eigenvalue weighted by Gasteiger charge is 2.05. The van der Waals surface area contributed by atoms with Crippen LogP contribution < -0.4 is 5.73 Å². The van der Waals surface area contributed by atoms with Gasteiger partial charge in [-0.15, -0.1) is 10.2 Å². The van der Waals surface area contributed by atoms with Gasteiger partial charge in [-0.25, -0.2) is 0 Å². The van der Waals surface area contributed by atoms with Crippen molar-refractivity contribution < 1.29 is 4.42 Å². The van der Waals surface area contributed by atoms with Crippen molar-refractivity contribution in [3.63, 3.8) is 0 Å². The number of benzene rings is 1. The molecule has 1 heterocycles. The molecule has 0 atom stereocenters. The Kier molecular flexibility index (Phi) is 2.28. The Bertz CT molecular complexity index is 436. The van der Waals surface area contributed by atoms with Gasteiger partial charge in [-0.05, 0) is 17.7 Å². The smallest absolute Gasteiger partial charge is 0.247 e. The number of nitrogens with zero attached hydrogens (tertiary/aromatic N) is 2. The largest absolute Gasteiger partial charge is 0.421 e. The third-order valence-corrected chi connectivity index (χ3v) is 1.94. The molecule has 0 saturated carbocycles. The van der Waals surface area contributed by atoms with Crippen LogP contribution in [0.15, 0.2) is 28.7 Å². The van der Waals surface area contributed by atoms with E-state index in [1.165, 1.54) is 0 Å². The molecular formula is C10H11N3O. The van der Waals surface area contributed by atoms with Crippen molar-refractivity contribution in [1.29, 1.82) is 0 Å². The average molecular weight is 189 g/mol. The Morgan fingerprint density at radius 2 is 2.21 bits per heavy atom. The number of aromatic nitrogens is 2. The van der Waals surface area contributed by atoms with Gasteiger partial charge >= 0.3 is 0 Å². The van der Waals surface area contributed by atoms with Crippen molar-refractivity contribution in [3.05, 3.63) is 35.7 Å². The van der Waals surface area contributed by atoms with Gasteiger partial charge in [0.1, 0.15) is 0 Å². The molecule has 1 aromatic heterocycles. The van der Waals surface area contributed by atoms with Crippen LogP contribution in [0.25, 0.3) is 11.5 Å². The van der Waals surface area contributed by atoms with Gasteiger partial charge < -0.3 is 10.2 Å². The molecule has 2 aromatic rings. The summed E-state index contributed by atoms with van der Waals surface area (Å²) in [5.74, 6) is 1.11. The first-order valence-corrected chi connectivity index (χ1v) is 4.39. The van der Waals surface area contributed by atoms with E-state index in [1.807, 2.05) is 24.3 Å². The molecule has 4 nitrogen and oxygen atoms in total. The Labute approximate surface area is 81.8 Å². The summed E-state index contributed by atoms with van der Waals surface area (Å²) in [6, 6.07) is 7.77. The predicted molar refractivity (Wildman–Crippen MR) is 52.4 cm³/mol. The number of hydrogen-bond acceptors (Lipinski definition) is 4. The van der Waals surface area contributed by atoms with E-state index in [-0.39, 0.29) is 0 Å². The monoisotopic (exact) mass is 189 g/mol. The zero-order valence-corrected chi connectivity index (χ0v) is 7.90. The van der Waals surface area contributed by atoms with Crippen molar-refractivity contribution in [2.24, 2.45) is 5.73 Å². The highest BCUT2D eigenvalue weighted by molar-refractivity contribution is 5.53. The number of hydrogen-bond donors (Lipinski definition) is 1. The standard InChI is InChI=1S/C10H11N3O/c1-7-12-13-10(14-7)9-4-2-3-8(5-9)6-11/h2-5H,6,11H2,1H3. The van der Waals surface area contributed by atoms with Crippen LogP contribution in [0.5, 0.6) is 0 Å². The molecule has 0 aliphatic carbocycles. The lowest BCUT2D eigenvalue weighted by Gasteiger charge is -1.98. The van der Waals surface area contributed by atoms with Crippen LogP contribution >= 0.6 is 0 Å². The second kappa shape index (κ2) is 3.59. The molecule has 4 heteroatoms. The van der Waals surface area contributed by atoms with Gasteiger partial charge in [0.05, 0.1) is 0 Å². The van der Waals surface area contributed by atoms with E-state index in [0.717, 1.165) is 11.1 Å². The maximum absolute atomic E-state index is 5.54.